The monoisotopic (exact) mass is 425 g/mol. The number of nitrogens with zero attached hydrogens (tertiary/aromatic N) is 2. The second kappa shape index (κ2) is 7.72. The van der Waals surface area contributed by atoms with Crippen LogP contribution in [0.5, 0.6) is 6.01 Å². The van der Waals surface area contributed by atoms with Crippen molar-refractivity contribution in [1.29, 1.82) is 0 Å². The van der Waals surface area contributed by atoms with Crippen LogP contribution in [0.25, 0.3) is 0 Å². The molecule has 0 aromatic carbocycles. The minimum absolute atomic E-state index is 0.0289. The number of amides is 1. The van der Waals surface area contributed by atoms with Gasteiger partial charge in [0.25, 0.3) is 5.91 Å². The van der Waals surface area contributed by atoms with Crippen LogP contribution < -0.4 is 10.1 Å². The maximum atomic E-state index is 13.5. The number of hydrogen-bond acceptors (Lipinski definition) is 5. The van der Waals surface area contributed by atoms with Crippen LogP contribution in [0.4, 0.5) is 0 Å². The predicted molar refractivity (Wildman–Crippen MR) is 116 cm³/mol. The summed E-state index contributed by atoms with van der Waals surface area (Å²) in [7, 11) is 0. The summed E-state index contributed by atoms with van der Waals surface area (Å²) >= 11 is 0. The Balaban J connectivity index is 1.23. The van der Waals surface area contributed by atoms with E-state index in [1.54, 1.807) is 6.20 Å². The van der Waals surface area contributed by atoms with E-state index in [-0.39, 0.29) is 18.1 Å². The average molecular weight is 426 g/mol. The molecule has 4 bridgehead atoms. The van der Waals surface area contributed by atoms with Gasteiger partial charge in [-0.2, -0.15) is 4.98 Å². The van der Waals surface area contributed by atoms with Crippen molar-refractivity contribution in [3.05, 3.63) is 17.5 Å². The number of carbonyl (C=O) groups excluding carboxylic acids is 1. The number of aromatic nitrogens is 2. The molecule has 6 fully saturated rings. The number of carbonyl (C=O) groups is 1. The maximum Gasteiger partial charge on any atom is 0.316 e. The van der Waals surface area contributed by atoms with Gasteiger partial charge >= 0.3 is 6.01 Å². The van der Waals surface area contributed by atoms with Gasteiger partial charge in [0, 0.05) is 18.2 Å². The van der Waals surface area contributed by atoms with E-state index in [0.29, 0.717) is 35.2 Å². The van der Waals surface area contributed by atoms with Crippen LogP contribution in [0.1, 0.15) is 105 Å². The second-order valence-corrected chi connectivity index (χ2v) is 11.2. The lowest BCUT2D eigenvalue weighted by Gasteiger charge is -2.58. The SMILES string of the molecule is O=C(NC1C2CC3CC1CC(O)(C3)C2)c1cnc(OC2CCCC2)nc1C1CCCC1. The van der Waals surface area contributed by atoms with Crippen LogP contribution in [0.2, 0.25) is 0 Å². The van der Waals surface area contributed by atoms with Crippen molar-refractivity contribution < 1.29 is 14.6 Å². The molecule has 2 unspecified atom stereocenters. The van der Waals surface area contributed by atoms with Gasteiger partial charge in [0.05, 0.1) is 16.9 Å². The van der Waals surface area contributed by atoms with Gasteiger partial charge in [0.1, 0.15) is 6.10 Å². The first-order chi connectivity index (χ1) is 15.1. The molecular formula is C25H35N3O3. The molecule has 6 aliphatic carbocycles. The van der Waals surface area contributed by atoms with E-state index in [2.05, 4.69) is 10.3 Å². The van der Waals surface area contributed by atoms with E-state index < -0.39 is 5.60 Å². The molecule has 6 nitrogen and oxygen atoms in total. The molecule has 7 rings (SSSR count). The smallest absolute Gasteiger partial charge is 0.316 e. The second-order valence-electron chi connectivity index (χ2n) is 11.2. The minimum Gasteiger partial charge on any atom is -0.460 e. The molecule has 1 amide bonds. The predicted octanol–water partition coefficient (Wildman–Crippen LogP) is 4.13. The largest absolute Gasteiger partial charge is 0.460 e. The highest BCUT2D eigenvalue weighted by Gasteiger charge is 2.55. The van der Waals surface area contributed by atoms with E-state index in [1.807, 2.05) is 0 Å². The zero-order chi connectivity index (χ0) is 21.0. The third kappa shape index (κ3) is 3.75. The van der Waals surface area contributed by atoms with Crippen LogP contribution in [-0.2, 0) is 0 Å². The molecule has 6 heteroatoms. The van der Waals surface area contributed by atoms with E-state index in [9.17, 15) is 9.90 Å². The van der Waals surface area contributed by atoms with E-state index in [4.69, 9.17) is 9.72 Å². The van der Waals surface area contributed by atoms with Gasteiger partial charge in [-0.05, 0) is 88.4 Å². The highest BCUT2D eigenvalue weighted by atomic mass is 16.5. The third-order valence-corrected chi connectivity index (χ3v) is 8.90. The molecule has 2 N–H and O–H groups in total. The zero-order valence-corrected chi connectivity index (χ0v) is 18.4. The molecule has 6 aliphatic rings. The maximum absolute atomic E-state index is 13.5. The van der Waals surface area contributed by atoms with Crippen LogP contribution in [0.15, 0.2) is 6.20 Å². The summed E-state index contributed by atoms with van der Waals surface area (Å²) in [6.45, 7) is 0. The lowest BCUT2D eigenvalue weighted by atomic mass is 9.52. The summed E-state index contributed by atoms with van der Waals surface area (Å²) in [5.41, 5.74) is 1.05. The van der Waals surface area contributed by atoms with Crippen molar-refractivity contribution in [2.75, 3.05) is 0 Å². The Morgan fingerprint density at radius 3 is 2.39 bits per heavy atom. The molecule has 1 heterocycles. The lowest BCUT2D eigenvalue weighted by Crippen LogP contribution is -2.61. The summed E-state index contributed by atoms with van der Waals surface area (Å²) in [6, 6.07) is 0.623. The Kier molecular flexibility index (Phi) is 4.97. The molecule has 0 radical (unpaired) electrons. The van der Waals surface area contributed by atoms with E-state index >= 15 is 0 Å². The quantitative estimate of drug-likeness (QED) is 0.741. The van der Waals surface area contributed by atoms with Crippen LogP contribution in [-0.4, -0.2) is 38.7 Å². The molecule has 31 heavy (non-hydrogen) atoms. The zero-order valence-electron chi connectivity index (χ0n) is 18.4. The third-order valence-electron chi connectivity index (χ3n) is 8.90. The molecule has 0 saturated heterocycles. The molecule has 2 atom stereocenters. The summed E-state index contributed by atoms with van der Waals surface area (Å²) in [4.78, 5) is 22.7. The number of aliphatic hydroxyl groups is 1. The normalized spacial score (nSPS) is 37.5. The highest BCUT2D eigenvalue weighted by molar-refractivity contribution is 5.95. The molecule has 0 spiro atoms. The van der Waals surface area contributed by atoms with Gasteiger partial charge in [-0.3, -0.25) is 4.79 Å². The molecule has 1 aromatic rings. The van der Waals surface area contributed by atoms with Gasteiger partial charge < -0.3 is 15.2 Å². The van der Waals surface area contributed by atoms with Crippen LogP contribution in [0.3, 0.4) is 0 Å². The number of rotatable bonds is 5. The van der Waals surface area contributed by atoms with Crippen molar-refractivity contribution in [3.63, 3.8) is 0 Å². The first kappa shape index (κ1) is 20.0. The topological polar surface area (TPSA) is 84.3 Å². The van der Waals surface area contributed by atoms with Gasteiger partial charge in [-0.15, -0.1) is 0 Å². The molecule has 168 valence electrons. The van der Waals surface area contributed by atoms with E-state index in [0.717, 1.165) is 63.5 Å². The Hall–Kier alpha value is -1.69. The molecule has 1 aromatic heterocycles. The fourth-order valence-electron chi connectivity index (χ4n) is 7.72. The Morgan fingerprint density at radius 1 is 1.03 bits per heavy atom. The van der Waals surface area contributed by atoms with Crippen LogP contribution >= 0.6 is 0 Å². The molecular weight excluding hydrogens is 390 g/mol. The summed E-state index contributed by atoms with van der Waals surface area (Å²) in [5, 5.41) is 14.2. The number of nitrogens with one attached hydrogen (secondary N) is 1. The number of hydrogen-bond donors (Lipinski definition) is 2. The number of ether oxygens (including phenoxy) is 1. The summed E-state index contributed by atoms with van der Waals surface area (Å²) in [5.74, 6) is 1.75. The van der Waals surface area contributed by atoms with Crippen molar-refractivity contribution in [2.45, 2.75) is 107 Å². The minimum atomic E-state index is -0.477. The van der Waals surface area contributed by atoms with Crippen molar-refractivity contribution in [1.82, 2.24) is 15.3 Å². The standard InChI is InChI=1S/C25H35N3O3/c29-23(27-21-17-9-15-10-18(21)13-25(30,11-15)12-17)20-14-26-24(31-19-7-3-4-8-19)28-22(20)16-5-1-2-6-16/h14-19,21,30H,1-13H2,(H,27,29). The molecule has 0 aliphatic heterocycles. The van der Waals surface area contributed by atoms with Crippen molar-refractivity contribution >= 4 is 5.91 Å². The van der Waals surface area contributed by atoms with Crippen molar-refractivity contribution in [3.8, 4) is 6.01 Å². The lowest BCUT2D eigenvalue weighted by molar-refractivity contribution is -0.136. The first-order valence-corrected chi connectivity index (χ1v) is 12.6. The van der Waals surface area contributed by atoms with Gasteiger partial charge in [-0.1, -0.05) is 12.8 Å². The van der Waals surface area contributed by atoms with E-state index in [1.165, 1.54) is 25.7 Å². The van der Waals surface area contributed by atoms with Crippen LogP contribution in [0, 0.1) is 17.8 Å². The Labute approximate surface area is 184 Å². The van der Waals surface area contributed by atoms with Gasteiger partial charge in [-0.25, -0.2) is 4.98 Å². The summed E-state index contributed by atoms with van der Waals surface area (Å²) in [6.07, 6.45) is 16.0. The van der Waals surface area contributed by atoms with Gasteiger partial charge in [0.2, 0.25) is 0 Å². The average Bonchev–Trinajstić information content (AvgIpc) is 3.43. The fourth-order valence-corrected chi connectivity index (χ4v) is 7.72. The Morgan fingerprint density at radius 2 is 1.71 bits per heavy atom. The Bertz CT molecular complexity index is 830. The first-order valence-electron chi connectivity index (χ1n) is 12.6. The van der Waals surface area contributed by atoms with Gasteiger partial charge in [0.15, 0.2) is 0 Å². The molecule has 6 saturated carbocycles. The summed E-state index contributed by atoms with van der Waals surface area (Å²) < 4.78 is 6.07. The van der Waals surface area contributed by atoms with Crippen molar-refractivity contribution in [2.24, 2.45) is 17.8 Å². The highest BCUT2D eigenvalue weighted by Crippen LogP contribution is 2.55. The fraction of sp³-hybridized carbons (Fsp3) is 0.800.